The Labute approximate surface area is 147 Å². The number of ether oxygens (including phenoxy) is 1. The van der Waals surface area contributed by atoms with E-state index in [2.05, 4.69) is 27.2 Å². The van der Waals surface area contributed by atoms with Crippen LogP contribution in [0.4, 0.5) is 0 Å². The number of rotatable bonds is 5. The molecular formula is C20H21N3O2. The first-order valence-electron chi connectivity index (χ1n) is 8.56. The summed E-state index contributed by atoms with van der Waals surface area (Å²) in [5.74, 6) is 2.55. The maximum Gasteiger partial charge on any atom is 0.247 e. The highest BCUT2D eigenvalue weighted by Crippen LogP contribution is 2.29. The third-order valence-corrected chi connectivity index (χ3v) is 4.65. The molecule has 1 atom stereocenters. The van der Waals surface area contributed by atoms with Crippen molar-refractivity contribution < 1.29 is 9.15 Å². The normalized spacial score (nSPS) is 17.7. The molecule has 0 bridgehead atoms. The Balaban J connectivity index is 1.39. The van der Waals surface area contributed by atoms with Crippen molar-refractivity contribution in [2.24, 2.45) is 0 Å². The minimum atomic E-state index is 0.309. The van der Waals surface area contributed by atoms with E-state index < -0.39 is 0 Å². The second kappa shape index (κ2) is 7.07. The Morgan fingerprint density at radius 1 is 1.08 bits per heavy atom. The van der Waals surface area contributed by atoms with Crippen LogP contribution >= 0.6 is 0 Å². The first-order chi connectivity index (χ1) is 12.3. The highest BCUT2D eigenvalue weighted by molar-refractivity contribution is 5.51. The van der Waals surface area contributed by atoms with Crippen molar-refractivity contribution in [1.29, 1.82) is 0 Å². The van der Waals surface area contributed by atoms with E-state index in [1.54, 1.807) is 7.11 Å². The number of nitrogens with zero attached hydrogens (tertiary/aromatic N) is 3. The molecule has 2 aromatic carbocycles. The molecule has 1 aliphatic heterocycles. The van der Waals surface area contributed by atoms with Gasteiger partial charge < -0.3 is 9.15 Å². The lowest BCUT2D eigenvalue weighted by atomic mass is 10.1. The van der Waals surface area contributed by atoms with Gasteiger partial charge in [0.1, 0.15) is 5.75 Å². The molecule has 25 heavy (non-hydrogen) atoms. The minimum absolute atomic E-state index is 0.309. The lowest BCUT2D eigenvalue weighted by Crippen LogP contribution is -2.19. The van der Waals surface area contributed by atoms with Gasteiger partial charge in [0.05, 0.1) is 13.0 Å². The molecule has 1 unspecified atom stereocenters. The van der Waals surface area contributed by atoms with Crippen molar-refractivity contribution in [3.05, 3.63) is 66.1 Å². The van der Waals surface area contributed by atoms with Crippen LogP contribution in [0.3, 0.4) is 0 Å². The largest absolute Gasteiger partial charge is 0.497 e. The molecule has 0 spiro atoms. The van der Waals surface area contributed by atoms with Gasteiger partial charge in [0.2, 0.25) is 11.8 Å². The average molecular weight is 335 g/mol. The molecule has 4 rings (SSSR count). The van der Waals surface area contributed by atoms with Gasteiger partial charge in [-0.3, -0.25) is 4.90 Å². The second-order valence-corrected chi connectivity index (χ2v) is 6.38. The van der Waals surface area contributed by atoms with Crippen LogP contribution in [0.1, 0.15) is 23.8 Å². The maximum atomic E-state index is 5.92. The van der Waals surface area contributed by atoms with Crippen LogP contribution in [0.15, 0.2) is 59.0 Å². The van der Waals surface area contributed by atoms with Gasteiger partial charge in [0.15, 0.2) is 0 Å². The second-order valence-electron chi connectivity index (χ2n) is 6.38. The molecule has 0 saturated carbocycles. The summed E-state index contributed by atoms with van der Waals surface area (Å²) in [5, 5.41) is 8.49. The van der Waals surface area contributed by atoms with E-state index in [-0.39, 0.29) is 0 Å². The Bertz CT molecular complexity index is 814. The average Bonchev–Trinajstić information content (AvgIpc) is 3.32. The quantitative estimate of drug-likeness (QED) is 0.711. The van der Waals surface area contributed by atoms with E-state index >= 15 is 0 Å². The Hall–Kier alpha value is -2.66. The smallest absolute Gasteiger partial charge is 0.247 e. The van der Waals surface area contributed by atoms with Crippen LogP contribution in [-0.2, 0) is 6.54 Å². The molecule has 2 heterocycles. The summed E-state index contributed by atoms with van der Waals surface area (Å²) in [7, 11) is 1.69. The fraction of sp³-hybridized carbons (Fsp3) is 0.300. The van der Waals surface area contributed by atoms with E-state index in [4.69, 9.17) is 9.15 Å². The molecule has 5 nitrogen and oxygen atoms in total. The van der Waals surface area contributed by atoms with Crippen LogP contribution in [-0.4, -0.2) is 35.3 Å². The molecule has 3 aromatic rings. The van der Waals surface area contributed by atoms with Crippen LogP contribution in [0.25, 0.3) is 11.5 Å². The summed E-state index contributed by atoms with van der Waals surface area (Å²) in [6.07, 6.45) is 1.05. The number of aromatic nitrogens is 2. The minimum Gasteiger partial charge on any atom is -0.497 e. The van der Waals surface area contributed by atoms with Crippen molar-refractivity contribution in [2.75, 3.05) is 20.2 Å². The monoisotopic (exact) mass is 335 g/mol. The molecular weight excluding hydrogens is 314 g/mol. The van der Waals surface area contributed by atoms with E-state index in [1.165, 1.54) is 5.56 Å². The van der Waals surface area contributed by atoms with E-state index in [0.29, 0.717) is 11.8 Å². The first kappa shape index (κ1) is 15.8. The zero-order valence-corrected chi connectivity index (χ0v) is 14.3. The summed E-state index contributed by atoms with van der Waals surface area (Å²) in [4.78, 5) is 2.43. The van der Waals surface area contributed by atoms with Crippen molar-refractivity contribution >= 4 is 0 Å². The highest BCUT2D eigenvalue weighted by atomic mass is 16.5. The molecule has 1 aliphatic rings. The summed E-state index contributed by atoms with van der Waals surface area (Å²) in [6, 6.07) is 18.2. The molecule has 0 aliphatic carbocycles. The zero-order valence-electron chi connectivity index (χ0n) is 14.3. The van der Waals surface area contributed by atoms with Crippen molar-refractivity contribution in [1.82, 2.24) is 15.1 Å². The van der Waals surface area contributed by atoms with Gasteiger partial charge >= 0.3 is 0 Å². The summed E-state index contributed by atoms with van der Waals surface area (Å²) in [5.41, 5.74) is 2.26. The van der Waals surface area contributed by atoms with E-state index in [9.17, 15) is 0 Å². The SMILES string of the molecule is COc1ccc(CN2CCC(c3nnc(-c4ccccc4)o3)C2)cc1. The maximum absolute atomic E-state index is 5.92. The van der Waals surface area contributed by atoms with Crippen molar-refractivity contribution in [3.8, 4) is 17.2 Å². The fourth-order valence-electron chi connectivity index (χ4n) is 3.26. The van der Waals surface area contributed by atoms with Crippen LogP contribution in [0.2, 0.25) is 0 Å². The third kappa shape index (κ3) is 3.56. The lowest BCUT2D eigenvalue weighted by Gasteiger charge is -2.15. The highest BCUT2D eigenvalue weighted by Gasteiger charge is 2.28. The Morgan fingerprint density at radius 3 is 2.64 bits per heavy atom. The number of benzene rings is 2. The lowest BCUT2D eigenvalue weighted by molar-refractivity contribution is 0.320. The van der Waals surface area contributed by atoms with E-state index in [1.807, 2.05) is 42.5 Å². The number of likely N-dealkylation sites (tertiary alicyclic amines) is 1. The van der Waals surface area contributed by atoms with Gasteiger partial charge in [-0.05, 0) is 42.8 Å². The van der Waals surface area contributed by atoms with Gasteiger partial charge in [-0.15, -0.1) is 10.2 Å². The predicted molar refractivity (Wildman–Crippen MR) is 95.4 cm³/mol. The molecule has 0 amide bonds. The van der Waals surface area contributed by atoms with Crippen LogP contribution in [0, 0.1) is 0 Å². The zero-order chi connectivity index (χ0) is 17.1. The van der Waals surface area contributed by atoms with Gasteiger partial charge in [-0.1, -0.05) is 30.3 Å². The molecule has 128 valence electrons. The standard InChI is InChI=1S/C20H21N3O2/c1-24-18-9-7-15(8-10-18)13-23-12-11-17(14-23)20-22-21-19(25-20)16-5-3-2-4-6-16/h2-10,17H,11-14H2,1H3. The molecule has 0 radical (unpaired) electrons. The summed E-state index contributed by atoms with van der Waals surface area (Å²) >= 11 is 0. The molecule has 1 saturated heterocycles. The molecule has 1 fully saturated rings. The fourth-order valence-corrected chi connectivity index (χ4v) is 3.26. The molecule has 1 aromatic heterocycles. The number of methoxy groups -OCH3 is 1. The molecule has 0 N–H and O–H groups in total. The number of hydrogen-bond acceptors (Lipinski definition) is 5. The van der Waals surface area contributed by atoms with Gasteiger partial charge in [-0.2, -0.15) is 0 Å². The van der Waals surface area contributed by atoms with Gasteiger partial charge in [-0.25, -0.2) is 0 Å². The Kier molecular flexibility index (Phi) is 4.48. The number of hydrogen-bond donors (Lipinski definition) is 0. The van der Waals surface area contributed by atoms with Gasteiger partial charge in [0, 0.05) is 18.7 Å². The first-order valence-corrected chi connectivity index (χ1v) is 8.56. The van der Waals surface area contributed by atoms with Crippen molar-refractivity contribution in [3.63, 3.8) is 0 Å². The van der Waals surface area contributed by atoms with Gasteiger partial charge in [0.25, 0.3) is 0 Å². The van der Waals surface area contributed by atoms with Crippen molar-refractivity contribution in [2.45, 2.75) is 18.9 Å². The van der Waals surface area contributed by atoms with Crippen LogP contribution in [0.5, 0.6) is 5.75 Å². The summed E-state index contributed by atoms with van der Waals surface area (Å²) in [6.45, 7) is 2.92. The third-order valence-electron chi connectivity index (χ3n) is 4.65. The Morgan fingerprint density at radius 2 is 1.88 bits per heavy atom. The topological polar surface area (TPSA) is 51.4 Å². The molecule has 5 heteroatoms. The predicted octanol–water partition coefficient (Wildman–Crippen LogP) is 3.73. The van der Waals surface area contributed by atoms with Crippen LogP contribution < -0.4 is 4.74 Å². The van der Waals surface area contributed by atoms with E-state index in [0.717, 1.165) is 43.3 Å². The summed E-state index contributed by atoms with van der Waals surface area (Å²) < 4.78 is 11.1.